The van der Waals surface area contributed by atoms with Gasteiger partial charge in [0.2, 0.25) is 5.78 Å². The molecule has 1 aromatic heterocycles. The summed E-state index contributed by atoms with van der Waals surface area (Å²) in [6.45, 7) is 2.62. The summed E-state index contributed by atoms with van der Waals surface area (Å²) in [6, 6.07) is 7.03. The number of hydrogen-bond donors (Lipinski definition) is 0. The fraction of sp³-hybridized carbons (Fsp3) is 0.167. The van der Waals surface area contributed by atoms with Crippen LogP contribution >= 0.6 is 34.2 Å². The number of nitrogens with zero attached hydrogens (tertiary/aromatic N) is 2. The summed E-state index contributed by atoms with van der Waals surface area (Å²) in [5, 5.41) is 4.66. The molecule has 3 nitrogen and oxygen atoms in total. The van der Waals surface area contributed by atoms with E-state index in [9.17, 15) is 4.79 Å². The summed E-state index contributed by atoms with van der Waals surface area (Å²) in [5.41, 5.74) is 1.21. The van der Waals surface area contributed by atoms with Gasteiger partial charge in [-0.3, -0.25) is 9.48 Å². The van der Waals surface area contributed by atoms with Gasteiger partial charge in [-0.05, 0) is 53.8 Å². The van der Waals surface area contributed by atoms with Crippen molar-refractivity contribution in [3.63, 3.8) is 0 Å². The molecular weight excluding hydrogens is 351 g/mol. The van der Waals surface area contributed by atoms with E-state index in [1.807, 2.05) is 13.0 Å². The maximum absolute atomic E-state index is 12.3. The van der Waals surface area contributed by atoms with Crippen LogP contribution in [0.4, 0.5) is 0 Å². The smallest absolute Gasteiger partial charge is 0.212 e. The molecule has 0 saturated heterocycles. The first-order valence-electron chi connectivity index (χ1n) is 5.15. The number of aryl methyl sites for hydroxylation is 1. The zero-order valence-corrected chi connectivity index (χ0v) is 12.1. The van der Waals surface area contributed by atoms with E-state index >= 15 is 0 Å². The van der Waals surface area contributed by atoms with Crippen LogP contribution in [0.15, 0.2) is 30.5 Å². The van der Waals surface area contributed by atoms with Crippen molar-refractivity contribution < 1.29 is 4.79 Å². The molecule has 2 aromatic rings. The van der Waals surface area contributed by atoms with Crippen molar-refractivity contribution in [1.29, 1.82) is 0 Å². The highest BCUT2D eigenvalue weighted by Crippen LogP contribution is 2.20. The second-order valence-electron chi connectivity index (χ2n) is 3.49. The van der Waals surface area contributed by atoms with Crippen LogP contribution in [0.25, 0.3) is 0 Å². The van der Waals surface area contributed by atoms with Gasteiger partial charge in [0.05, 0.1) is 0 Å². The second kappa shape index (κ2) is 5.18. The summed E-state index contributed by atoms with van der Waals surface area (Å²) in [6.07, 6.45) is 1.63. The Morgan fingerprint density at radius 3 is 2.94 bits per heavy atom. The number of benzene rings is 1. The van der Waals surface area contributed by atoms with E-state index in [-0.39, 0.29) is 5.78 Å². The fourth-order valence-electron chi connectivity index (χ4n) is 1.59. The molecule has 0 saturated carbocycles. The standard InChI is InChI=1S/C12H10ClIN2O/c1-2-16-11(5-6-15-16)12(17)9-7-8(13)3-4-10(9)14/h3-7H,2H2,1H3. The molecule has 17 heavy (non-hydrogen) atoms. The molecule has 0 aliphatic carbocycles. The number of hydrogen-bond acceptors (Lipinski definition) is 2. The van der Waals surface area contributed by atoms with Crippen molar-refractivity contribution in [2.45, 2.75) is 13.5 Å². The Bertz CT molecular complexity index is 565. The van der Waals surface area contributed by atoms with Gasteiger partial charge in [0.25, 0.3) is 0 Å². The Kier molecular flexibility index (Phi) is 3.83. The summed E-state index contributed by atoms with van der Waals surface area (Å²) in [5.74, 6) is -0.0451. The summed E-state index contributed by atoms with van der Waals surface area (Å²) >= 11 is 8.05. The minimum Gasteiger partial charge on any atom is -0.287 e. The minimum absolute atomic E-state index is 0.0451. The van der Waals surface area contributed by atoms with Crippen molar-refractivity contribution in [3.8, 4) is 0 Å². The first-order chi connectivity index (χ1) is 8.13. The van der Waals surface area contributed by atoms with Gasteiger partial charge in [-0.2, -0.15) is 5.10 Å². The van der Waals surface area contributed by atoms with Crippen LogP contribution in [0.1, 0.15) is 23.0 Å². The zero-order valence-electron chi connectivity index (χ0n) is 9.15. The number of rotatable bonds is 3. The summed E-state index contributed by atoms with van der Waals surface area (Å²) in [4.78, 5) is 12.3. The van der Waals surface area contributed by atoms with Gasteiger partial charge in [-0.1, -0.05) is 11.6 Å². The highest BCUT2D eigenvalue weighted by molar-refractivity contribution is 14.1. The van der Waals surface area contributed by atoms with E-state index in [1.165, 1.54) is 0 Å². The lowest BCUT2D eigenvalue weighted by molar-refractivity contribution is 0.102. The van der Waals surface area contributed by atoms with Crippen LogP contribution in [-0.4, -0.2) is 15.6 Å². The molecule has 0 fully saturated rings. The molecule has 0 amide bonds. The highest BCUT2D eigenvalue weighted by atomic mass is 127. The van der Waals surface area contributed by atoms with Gasteiger partial charge in [-0.25, -0.2) is 0 Å². The van der Waals surface area contributed by atoms with Crippen LogP contribution in [0, 0.1) is 3.57 Å². The van der Waals surface area contributed by atoms with Gasteiger partial charge in [0.15, 0.2) is 0 Å². The second-order valence-corrected chi connectivity index (χ2v) is 5.08. The third-order valence-corrected chi connectivity index (χ3v) is 3.60. The van der Waals surface area contributed by atoms with Gasteiger partial charge in [0, 0.05) is 26.9 Å². The van der Waals surface area contributed by atoms with E-state index in [2.05, 4.69) is 27.7 Å². The van der Waals surface area contributed by atoms with Crippen LogP contribution in [0.2, 0.25) is 5.02 Å². The monoisotopic (exact) mass is 360 g/mol. The highest BCUT2D eigenvalue weighted by Gasteiger charge is 2.16. The fourth-order valence-corrected chi connectivity index (χ4v) is 2.34. The van der Waals surface area contributed by atoms with Gasteiger partial charge in [0.1, 0.15) is 5.69 Å². The lowest BCUT2D eigenvalue weighted by atomic mass is 10.1. The van der Waals surface area contributed by atoms with Crippen LogP contribution in [-0.2, 0) is 6.54 Å². The Hall–Kier alpha value is -0.880. The van der Waals surface area contributed by atoms with E-state index in [0.29, 0.717) is 22.8 Å². The van der Waals surface area contributed by atoms with Gasteiger partial charge < -0.3 is 0 Å². The third kappa shape index (κ3) is 2.52. The van der Waals surface area contributed by atoms with Crippen molar-refractivity contribution in [3.05, 3.63) is 50.3 Å². The topological polar surface area (TPSA) is 34.9 Å². The quantitative estimate of drug-likeness (QED) is 0.621. The number of halogens is 2. The summed E-state index contributed by atoms with van der Waals surface area (Å²) < 4.78 is 2.57. The van der Waals surface area contributed by atoms with Gasteiger partial charge in [-0.15, -0.1) is 0 Å². The van der Waals surface area contributed by atoms with E-state index in [1.54, 1.807) is 29.1 Å². The van der Waals surface area contributed by atoms with E-state index < -0.39 is 0 Å². The molecule has 0 unspecified atom stereocenters. The maximum Gasteiger partial charge on any atom is 0.212 e. The van der Waals surface area contributed by atoms with Crippen LogP contribution < -0.4 is 0 Å². The largest absolute Gasteiger partial charge is 0.287 e. The van der Waals surface area contributed by atoms with Gasteiger partial charge >= 0.3 is 0 Å². The number of carbonyl (C=O) groups is 1. The average Bonchev–Trinajstić information content (AvgIpc) is 2.79. The van der Waals surface area contributed by atoms with Crippen LogP contribution in [0.5, 0.6) is 0 Å². The Balaban J connectivity index is 2.47. The lowest BCUT2D eigenvalue weighted by Crippen LogP contribution is -2.11. The number of ketones is 1. The average molecular weight is 361 g/mol. The minimum atomic E-state index is -0.0451. The lowest BCUT2D eigenvalue weighted by Gasteiger charge is -2.06. The molecule has 0 N–H and O–H groups in total. The number of carbonyl (C=O) groups excluding carboxylic acids is 1. The Labute approximate surface area is 118 Å². The molecular formula is C12H10ClIN2O. The maximum atomic E-state index is 12.3. The molecule has 0 bridgehead atoms. The SMILES string of the molecule is CCn1nccc1C(=O)c1cc(Cl)ccc1I. The molecule has 1 heterocycles. The first-order valence-corrected chi connectivity index (χ1v) is 6.60. The van der Waals surface area contributed by atoms with Crippen molar-refractivity contribution >= 4 is 40.0 Å². The molecule has 88 valence electrons. The molecule has 0 aliphatic heterocycles. The Morgan fingerprint density at radius 2 is 2.24 bits per heavy atom. The van der Waals surface area contributed by atoms with Crippen molar-refractivity contribution in [2.75, 3.05) is 0 Å². The predicted molar refractivity (Wildman–Crippen MR) is 75.5 cm³/mol. The molecule has 0 atom stereocenters. The molecule has 0 radical (unpaired) electrons. The van der Waals surface area contributed by atoms with Crippen molar-refractivity contribution in [1.82, 2.24) is 9.78 Å². The molecule has 0 spiro atoms. The molecule has 5 heteroatoms. The number of aromatic nitrogens is 2. The molecule has 2 rings (SSSR count). The van der Waals surface area contributed by atoms with E-state index in [4.69, 9.17) is 11.6 Å². The van der Waals surface area contributed by atoms with E-state index in [0.717, 1.165) is 3.57 Å². The molecule has 0 aliphatic rings. The zero-order chi connectivity index (χ0) is 12.4. The van der Waals surface area contributed by atoms with Crippen molar-refractivity contribution in [2.24, 2.45) is 0 Å². The third-order valence-electron chi connectivity index (χ3n) is 2.42. The van der Waals surface area contributed by atoms with Crippen LogP contribution in [0.3, 0.4) is 0 Å². The molecule has 1 aromatic carbocycles. The predicted octanol–water partition coefficient (Wildman–Crippen LogP) is 3.39. The summed E-state index contributed by atoms with van der Waals surface area (Å²) in [7, 11) is 0. The first kappa shape index (κ1) is 12.6. The normalized spacial score (nSPS) is 10.5. The Morgan fingerprint density at radius 1 is 1.47 bits per heavy atom.